The fraction of sp³-hybridized carbons (Fsp3) is 0.562. The number of rotatable bonds is 6. The van der Waals surface area contributed by atoms with Gasteiger partial charge in [0, 0.05) is 12.8 Å². The predicted octanol–water partition coefficient (Wildman–Crippen LogP) is 4.79. The Morgan fingerprint density at radius 1 is 0.941 bits per heavy atom. The van der Waals surface area contributed by atoms with Gasteiger partial charge < -0.3 is 0 Å². The van der Waals surface area contributed by atoms with Gasteiger partial charge in [0.05, 0.1) is 0 Å². The van der Waals surface area contributed by atoms with Crippen LogP contribution in [0.15, 0.2) is 30.3 Å². The Balaban J connectivity index is 0.000000366. The monoisotopic (exact) mass is 234 g/mol. The molecule has 0 radical (unpaired) electrons. The topological polar surface area (TPSA) is 17.1 Å². The minimum absolute atomic E-state index is 0.343. The smallest absolute Gasteiger partial charge is 0.132 e. The van der Waals surface area contributed by atoms with Crippen LogP contribution in [0.3, 0.4) is 0 Å². The number of hydrogen-bond acceptors (Lipinski definition) is 1. The van der Waals surface area contributed by atoms with Gasteiger partial charge in [-0.1, -0.05) is 63.9 Å². The molecule has 0 N–H and O–H groups in total. The average molecular weight is 234 g/mol. The molecule has 0 aromatic heterocycles. The normalized spacial score (nSPS) is 9.35. The van der Waals surface area contributed by atoms with Crippen LogP contribution >= 0.6 is 0 Å². The summed E-state index contributed by atoms with van der Waals surface area (Å²) in [5, 5.41) is 0. The molecule has 0 aliphatic heterocycles. The number of carbonyl (C=O) groups is 1. The molecule has 0 spiro atoms. The number of Topliss-reactive ketones (excluding diaryl/α,β-unsaturated/α-hetero) is 1. The zero-order chi connectivity index (χ0) is 12.9. The van der Waals surface area contributed by atoms with E-state index in [2.05, 4.69) is 37.3 Å². The van der Waals surface area contributed by atoms with Crippen molar-refractivity contribution >= 4 is 5.78 Å². The van der Waals surface area contributed by atoms with Crippen LogP contribution in [0.25, 0.3) is 0 Å². The standard InChI is InChI=1S/C11H16.C5H10O/c1-2-3-5-8-11-9-6-4-7-10-11;1-3-5(6)4-2/h4,6-7,9-10H,2-3,5,8H2,1H3;3-4H2,1-2H3. The van der Waals surface area contributed by atoms with Gasteiger partial charge in [0.25, 0.3) is 0 Å². The highest BCUT2D eigenvalue weighted by atomic mass is 16.1. The van der Waals surface area contributed by atoms with Crippen molar-refractivity contribution in [2.24, 2.45) is 0 Å². The molecule has 0 saturated heterocycles. The molecule has 0 bridgehead atoms. The molecule has 0 aliphatic carbocycles. The van der Waals surface area contributed by atoms with Crippen molar-refractivity contribution in [3.63, 3.8) is 0 Å². The fourth-order valence-corrected chi connectivity index (χ4v) is 1.47. The molecule has 1 aromatic rings. The van der Waals surface area contributed by atoms with Gasteiger partial charge in [-0.2, -0.15) is 0 Å². The van der Waals surface area contributed by atoms with Crippen LogP contribution in [-0.4, -0.2) is 5.78 Å². The average Bonchev–Trinajstić information content (AvgIpc) is 2.40. The maximum atomic E-state index is 10.2. The van der Waals surface area contributed by atoms with Gasteiger partial charge in [-0.3, -0.25) is 4.79 Å². The third-order valence-corrected chi connectivity index (χ3v) is 2.70. The van der Waals surface area contributed by atoms with E-state index in [0.717, 1.165) is 0 Å². The molecule has 0 saturated carbocycles. The Kier molecular flexibility index (Phi) is 10.6. The molecule has 0 unspecified atom stereocenters. The molecule has 0 heterocycles. The zero-order valence-electron chi connectivity index (χ0n) is 11.5. The van der Waals surface area contributed by atoms with E-state index in [4.69, 9.17) is 0 Å². The van der Waals surface area contributed by atoms with Gasteiger partial charge in [0.2, 0.25) is 0 Å². The molecule has 0 fully saturated rings. The lowest BCUT2D eigenvalue weighted by atomic mass is 10.1. The first-order valence-corrected chi connectivity index (χ1v) is 6.80. The number of carbonyl (C=O) groups excluding carboxylic acids is 1. The summed E-state index contributed by atoms with van der Waals surface area (Å²) in [6, 6.07) is 10.7. The fourth-order valence-electron chi connectivity index (χ4n) is 1.47. The first-order valence-electron chi connectivity index (χ1n) is 6.80. The number of aryl methyl sites for hydroxylation is 1. The van der Waals surface area contributed by atoms with Gasteiger partial charge >= 0.3 is 0 Å². The molecular weight excluding hydrogens is 208 g/mol. The maximum absolute atomic E-state index is 10.2. The summed E-state index contributed by atoms with van der Waals surface area (Å²) in [6.45, 7) is 6.00. The molecule has 96 valence electrons. The third-order valence-electron chi connectivity index (χ3n) is 2.70. The third kappa shape index (κ3) is 9.80. The summed E-state index contributed by atoms with van der Waals surface area (Å²) < 4.78 is 0. The minimum Gasteiger partial charge on any atom is -0.300 e. The van der Waals surface area contributed by atoms with E-state index < -0.39 is 0 Å². The van der Waals surface area contributed by atoms with Gasteiger partial charge in [-0.25, -0.2) is 0 Å². The van der Waals surface area contributed by atoms with Crippen LogP contribution in [0.5, 0.6) is 0 Å². The van der Waals surface area contributed by atoms with E-state index in [1.807, 2.05) is 13.8 Å². The van der Waals surface area contributed by atoms with Crippen LogP contribution in [0.2, 0.25) is 0 Å². The highest BCUT2D eigenvalue weighted by Gasteiger charge is 1.89. The van der Waals surface area contributed by atoms with Crippen LogP contribution in [-0.2, 0) is 11.2 Å². The number of benzene rings is 1. The van der Waals surface area contributed by atoms with Gasteiger partial charge in [0.1, 0.15) is 5.78 Å². The first-order chi connectivity index (χ1) is 8.24. The first kappa shape index (κ1) is 15.9. The highest BCUT2D eigenvalue weighted by Crippen LogP contribution is 2.05. The number of unbranched alkanes of at least 4 members (excludes halogenated alkanes) is 2. The maximum Gasteiger partial charge on any atom is 0.132 e. The summed E-state index contributed by atoms with van der Waals surface area (Å²) >= 11 is 0. The van der Waals surface area contributed by atoms with Crippen LogP contribution in [0.4, 0.5) is 0 Å². The van der Waals surface area contributed by atoms with E-state index in [1.54, 1.807) is 0 Å². The molecule has 1 nitrogen and oxygen atoms in total. The van der Waals surface area contributed by atoms with Crippen molar-refractivity contribution in [1.82, 2.24) is 0 Å². The van der Waals surface area contributed by atoms with E-state index in [0.29, 0.717) is 18.6 Å². The van der Waals surface area contributed by atoms with Crippen molar-refractivity contribution in [3.05, 3.63) is 35.9 Å². The van der Waals surface area contributed by atoms with E-state index in [9.17, 15) is 4.79 Å². The second-order valence-corrected chi connectivity index (χ2v) is 4.19. The Morgan fingerprint density at radius 2 is 1.53 bits per heavy atom. The van der Waals surface area contributed by atoms with Crippen molar-refractivity contribution in [2.45, 2.75) is 59.3 Å². The molecular formula is C16H26O. The lowest BCUT2D eigenvalue weighted by Crippen LogP contribution is -1.88. The summed E-state index contributed by atoms with van der Waals surface area (Å²) in [5.74, 6) is 0.343. The molecule has 0 amide bonds. The molecule has 1 aromatic carbocycles. The van der Waals surface area contributed by atoms with Gasteiger partial charge in [-0.05, 0) is 18.4 Å². The minimum atomic E-state index is 0.343. The predicted molar refractivity (Wildman–Crippen MR) is 75.3 cm³/mol. The largest absolute Gasteiger partial charge is 0.300 e. The van der Waals surface area contributed by atoms with Gasteiger partial charge in [-0.15, -0.1) is 0 Å². The summed E-state index contributed by atoms with van der Waals surface area (Å²) in [4.78, 5) is 10.2. The Morgan fingerprint density at radius 3 is 1.94 bits per heavy atom. The van der Waals surface area contributed by atoms with E-state index in [-0.39, 0.29) is 0 Å². The number of hydrogen-bond donors (Lipinski definition) is 0. The van der Waals surface area contributed by atoms with E-state index >= 15 is 0 Å². The van der Waals surface area contributed by atoms with Crippen molar-refractivity contribution < 1.29 is 4.79 Å². The Labute approximate surface area is 106 Å². The lowest BCUT2D eigenvalue weighted by Gasteiger charge is -1.98. The van der Waals surface area contributed by atoms with Crippen LogP contribution < -0.4 is 0 Å². The summed E-state index contributed by atoms with van der Waals surface area (Å²) in [5.41, 5.74) is 1.47. The Bertz CT molecular complexity index is 271. The summed E-state index contributed by atoms with van der Waals surface area (Å²) in [6.07, 6.45) is 6.63. The molecule has 17 heavy (non-hydrogen) atoms. The molecule has 0 aliphatic rings. The highest BCUT2D eigenvalue weighted by molar-refractivity contribution is 5.77. The number of ketones is 1. The van der Waals surface area contributed by atoms with Crippen molar-refractivity contribution in [3.8, 4) is 0 Å². The van der Waals surface area contributed by atoms with Crippen LogP contribution in [0, 0.1) is 0 Å². The quantitative estimate of drug-likeness (QED) is 0.646. The van der Waals surface area contributed by atoms with Crippen molar-refractivity contribution in [1.29, 1.82) is 0 Å². The SMILES string of the molecule is CCC(=O)CC.CCCCCc1ccccc1. The zero-order valence-corrected chi connectivity index (χ0v) is 11.5. The van der Waals surface area contributed by atoms with Crippen molar-refractivity contribution in [2.75, 3.05) is 0 Å². The Hall–Kier alpha value is -1.11. The summed E-state index contributed by atoms with van der Waals surface area (Å²) in [7, 11) is 0. The van der Waals surface area contributed by atoms with Gasteiger partial charge in [0.15, 0.2) is 0 Å². The molecule has 0 atom stereocenters. The second-order valence-electron chi connectivity index (χ2n) is 4.19. The van der Waals surface area contributed by atoms with Crippen LogP contribution in [0.1, 0.15) is 58.4 Å². The molecule has 1 heteroatoms. The second kappa shape index (κ2) is 11.4. The van der Waals surface area contributed by atoms with E-state index in [1.165, 1.54) is 31.2 Å². The lowest BCUT2D eigenvalue weighted by molar-refractivity contribution is -0.118. The molecule has 1 rings (SSSR count).